The highest BCUT2D eigenvalue weighted by atomic mass is 35.5. The van der Waals surface area contributed by atoms with Crippen molar-refractivity contribution in [1.29, 1.82) is 0 Å². The van der Waals surface area contributed by atoms with Crippen LogP contribution in [-0.4, -0.2) is 16.8 Å². The fourth-order valence-corrected chi connectivity index (χ4v) is 0.874. The van der Waals surface area contributed by atoms with Gasteiger partial charge in [0, 0.05) is 6.07 Å². The first-order valence-electron chi connectivity index (χ1n) is 3.64. The minimum Gasteiger partial charge on any atom is -0.425 e. The van der Waals surface area contributed by atoms with E-state index in [-0.39, 0.29) is 17.3 Å². The second-order valence-corrected chi connectivity index (χ2v) is 2.63. The first-order chi connectivity index (χ1) is 6.63. The molecule has 0 radical (unpaired) electrons. The van der Waals surface area contributed by atoms with E-state index in [1.165, 1.54) is 18.2 Å². The highest BCUT2D eigenvalue weighted by Gasteiger charge is 2.08. The number of ether oxygens (including phenoxy) is 1. The van der Waals surface area contributed by atoms with Gasteiger partial charge in [0.15, 0.2) is 0 Å². The Kier molecular flexibility index (Phi) is 3.41. The van der Waals surface area contributed by atoms with Crippen molar-refractivity contribution in [2.75, 3.05) is 5.88 Å². The molecular weight excluding hydrogens is 210 g/mol. The van der Waals surface area contributed by atoms with E-state index < -0.39 is 10.9 Å². The topological polar surface area (TPSA) is 69.4 Å². The number of halogens is 1. The summed E-state index contributed by atoms with van der Waals surface area (Å²) < 4.78 is 4.68. The number of nitrogens with zero attached hydrogens (tertiary/aromatic N) is 1. The number of benzene rings is 1. The number of carbonyl (C=O) groups excluding carboxylic acids is 1. The number of rotatable bonds is 3. The van der Waals surface area contributed by atoms with E-state index in [0.29, 0.717) is 0 Å². The Hall–Kier alpha value is -1.62. The fourth-order valence-electron chi connectivity index (χ4n) is 0.819. The van der Waals surface area contributed by atoms with Gasteiger partial charge >= 0.3 is 5.97 Å². The molecule has 1 rings (SSSR count). The maximum absolute atomic E-state index is 10.7. The molecule has 14 heavy (non-hydrogen) atoms. The summed E-state index contributed by atoms with van der Waals surface area (Å²) in [6, 6.07) is 5.33. The molecule has 0 aliphatic carbocycles. The van der Waals surface area contributed by atoms with Gasteiger partial charge in [-0.2, -0.15) is 0 Å². The molecule has 0 unspecified atom stereocenters. The number of alkyl halides is 1. The molecule has 0 aliphatic rings. The first-order valence-corrected chi connectivity index (χ1v) is 4.18. The van der Waals surface area contributed by atoms with Crippen molar-refractivity contribution >= 4 is 23.3 Å². The van der Waals surface area contributed by atoms with Crippen molar-refractivity contribution in [1.82, 2.24) is 0 Å². The molecule has 6 heteroatoms. The zero-order valence-electron chi connectivity index (χ0n) is 6.97. The van der Waals surface area contributed by atoms with Gasteiger partial charge in [-0.05, 0) is 6.07 Å². The summed E-state index contributed by atoms with van der Waals surface area (Å²) in [6.45, 7) is 0. The summed E-state index contributed by atoms with van der Waals surface area (Å²) in [5, 5.41) is 10.3. The number of nitro groups is 1. The molecule has 0 saturated carbocycles. The molecule has 0 amide bonds. The lowest BCUT2D eigenvalue weighted by molar-refractivity contribution is -0.384. The van der Waals surface area contributed by atoms with E-state index in [4.69, 9.17) is 11.6 Å². The minimum absolute atomic E-state index is 0.116. The summed E-state index contributed by atoms with van der Waals surface area (Å²) in [4.78, 5) is 20.5. The maximum atomic E-state index is 10.7. The van der Waals surface area contributed by atoms with Gasteiger partial charge in [-0.3, -0.25) is 14.9 Å². The standard InChI is InChI=1S/C8H6ClNO4/c9-5-8(11)14-7-3-1-2-6(4-7)10(12)13/h1-4H,5H2. The van der Waals surface area contributed by atoms with Crippen molar-refractivity contribution in [3.63, 3.8) is 0 Å². The van der Waals surface area contributed by atoms with E-state index in [2.05, 4.69) is 4.74 Å². The molecule has 0 fully saturated rings. The molecule has 74 valence electrons. The molecule has 0 atom stereocenters. The van der Waals surface area contributed by atoms with Crippen molar-refractivity contribution in [3.8, 4) is 5.75 Å². The van der Waals surface area contributed by atoms with Gasteiger partial charge in [0.25, 0.3) is 5.69 Å². The molecular formula is C8H6ClNO4. The number of hydrogen-bond acceptors (Lipinski definition) is 4. The number of non-ortho nitro benzene ring substituents is 1. The Labute approximate surface area is 84.4 Å². The number of hydrogen-bond donors (Lipinski definition) is 0. The fraction of sp³-hybridized carbons (Fsp3) is 0.125. The predicted octanol–water partition coefficient (Wildman–Crippen LogP) is 1.74. The molecule has 0 saturated heterocycles. The molecule has 0 heterocycles. The largest absolute Gasteiger partial charge is 0.425 e. The van der Waals surface area contributed by atoms with E-state index in [0.717, 1.165) is 6.07 Å². The third kappa shape index (κ3) is 2.70. The Morgan fingerprint density at radius 2 is 2.29 bits per heavy atom. The number of carbonyl (C=O) groups is 1. The van der Waals surface area contributed by atoms with Gasteiger partial charge in [0.05, 0.1) is 11.0 Å². The van der Waals surface area contributed by atoms with Crippen LogP contribution >= 0.6 is 11.6 Å². The van der Waals surface area contributed by atoms with Crippen LogP contribution in [0.25, 0.3) is 0 Å². The van der Waals surface area contributed by atoms with Crippen LogP contribution in [-0.2, 0) is 4.79 Å². The third-order valence-corrected chi connectivity index (χ3v) is 1.59. The Balaban J connectivity index is 2.83. The second kappa shape index (κ2) is 4.57. The van der Waals surface area contributed by atoms with Crippen molar-refractivity contribution in [3.05, 3.63) is 34.4 Å². The summed E-state index contributed by atoms with van der Waals surface area (Å²) in [5.74, 6) is -0.820. The summed E-state index contributed by atoms with van der Waals surface area (Å²) in [7, 11) is 0. The van der Waals surface area contributed by atoms with Crippen LogP contribution in [0.5, 0.6) is 5.75 Å². The van der Waals surface area contributed by atoms with Crippen LogP contribution in [0.3, 0.4) is 0 Å². The highest BCUT2D eigenvalue weighted by molar-refractivity contribution is 6.26. The van der Waals surface area contributed by atoms with Gasteiger partial charge in [-0.25, -0.2) is 0 Å². The van der Waals surface area contributed by atoms with Gasteiger partial charge < -0.3 is 4.74 Å². The van der Waals surface area contributed by atoms with E-state index in [9.17, 15) is 14.9 Å². The smallest absolute Gasteiger partial charge is 0.326 e. The molecule has 0 N–H and O–H groups in total. The summed E-state index contributed by atoms with van der Waals surface area (Å²) in [6.07, 6.45) is 0. The lowest BCUT2D eigenvalue weighted by Gasteiger charge is -2.00. The average molecular weight is 216 g/mol. The van der Waals surface area contributed by atoms with E-state index in [1.54, 1.807) is 0 Å². The van der Waals surface area contributed by atoms with E-state index >= 15 is 0 Å². The second-order valence-electron chi connectivity index (χ2n) is 2.36. The quantitative estimate of drug-likeness (QED) is 0.253. The van der Waals surface area contributed by atoms with Gasteiger partial charge in [0.1, 0.15) is 11.6 Å². The molecule has 0 bridgehead atoms. The molecule has 1 aromatic rings. The predicted molar refractivity (Wildman–Crippen MR) is 49.5 cm³/mol. The SMILES string of the molecule is O=C(CCl)Oc1cccc([N+](=O)[O-])c1. The van der Waals surface area contributed by atoms with Gasteiger partial charge in [0.2, 0.25) is 0 Å². The van der Waals surface area contributed by atoms with Gasteiger partial charge in [-0.1, -0.05) is 6.07 Å². The highest BCUT2D eigenvalue weighted by Crippen LogP contribution is 2.19. The van der Waals surface area contributed by atoms with Crippen LogP contribution in [0.1, 0.15) is 0 Å². The zero-order valence-corrected chi connectivity index (χ0v) is 7.73. The van der Waals surface area contributed by atoms with Crippen LogP contribution in [0.15, 0.2) is 24.3 Å². The Morgan fingerprint density at radius 3 is 2.86 bits per heavy atom. The van der Waals surface area contributed by atoms with E-state index in [1.807, 2.05) is 0 Å². The van der Waals surface area contributed by atoms with Crippen LogP contribution in [0.2, 0.25) is 0 Å². The van der Waals surface area contributed by atoms with Gasteiger partial charge in [-0.15, -0.1) is 11.6 Å². The molecule has 0 aromatic heterocycles. The molecule has 5 nitrogen and oxygen atoms in total. The first kappa shape index (κ1) is 10.5. The minimum atomic E-state index is -0.646. The van der Waals surface area contributed by atoms with Crippen molar-refractivity contribution < 1.29 is 14.5 Å². The van der Waals surface area contributed by atoms with Crippen molar-refractivity contribution in [2.45, 2.75) is 0 Å². The Morgan fingerprint density at radius 1 is 1.57 bits per heavy atom. The maximum Gasteiger partial charge on any atom is 0.326 e. The number of nitro benzene ring substituents is 1. The van der Waals surface area contributed by atoms with Crippen LogP contribution < -0.4 is 4.74 Å². The molecule has 0 aliphatic heterocycles. The molecule has 1 aromatic carbocycles. The normalized spacial score (nSPS) is 9.50. The lowest BCUT2D eigenvalue weighted by atomic mass is 10.3. The average Bonchev–Trinajstić information content (AvgIpc) is 2.18. The van der Waals surface area contributed by atoms with Crippen molar-refractivity contribution in [2.24, 2.45) is 0 Å². The number of esters is 1. The Bertz CT molecular complexity index is 366. The van der Waals surface area contributed by atoms with Crippen LogP contribution in [0.4, 0.5) is 5.69 Å². The summed E-state index contributed by atoms with van der Waals surface area (Å²) in [5.41, 5.74) is -0.134. The summed E-state index contributed by atoms with van der Waals surface area (Å²) >= 11 is 5.20. The third-order valence-electron chi connectivity index (χ3n) is 1.37. The monoisotopic (exact) mass is 215 g/mol. The van der Waals surface area contributed by atoms with Crippen LogP contribution in [0, 0.1) is 10.1 Å². The lowest BCUT2D eigenvalue weighted by Crippen LogP contribution is -2.08. The zero-order chi connectivity index (χ0) is 10.6. The molecule has 0 spiro atoms.